The second kappa shape index (κ2) is 7.09. The normalized spacial score (nSPS) is 17.4. The molecule has 1 fully saturated rings. The number of nitrogens with zero attached hydrogens (tertiary/aromatic N) is 3. The maximum Gasteiger partial charge on any atom is 0.261 e. The number of para-hydroxylation sites is 1. The van der Waals surface area contributed by atoms with Gasteiger partial charge >= 0.3 is 0 Å². The molecule has 1 aliphatic rings. The minimum atomic E-state index is -0.197. The fraction of sp³-hybridized carbons (Fsp3) is 0.250. The molecule has 1 atom stereocenters. The van der Waals surface area contributed by atoms with Crippen LogP contribution in [0.3, 0.4) is 0 Å². The maximum absolute atomic E-state index is 12.7. The predicted octanol–water partition coefficient (Wildman–Crippen LogP) is 2.00. The molecule has 1 amide bonds. The smallest absolute Gasteiger partial charge is 0.261 e. The number of amides is 1. The zero-order valence-corrected chi connectivity index (χ0v) is 14.2. The summed E-state index contributed by atoms with van der Waals surface area (Å²) in [5.41, 5.74) is 1.49. The molecule has 1 saturated heterocycles. The molecule has 2 aromatic carbocycles. The van der Waals surface area contributed by atoms with Gasteiger partial charge in [0.05, 0.1) is 30.4 Å². The second-order valence-electron chi connectivity index (χ2n) is 6.30. The maximum atomic E-state index is 12.7. The summed E-state index contributed by atoms with van der Waals surface area (Å²) in [5.74, 6) is -0.103. The molecule has 6 nitrogen and oxygen atoms in total. The zero-order chi connectivity index (χ0) is 17.9. The summed E-state index contributed by atoms with van der Waals surface area (Å²) < 4.78 is 7.17. The van der Waals surface area contributed by atoms with Crippen LogP contribution < -0.4 is 5.56 Å². The van der Waals surface area contributed by atoms with Crippen LogP contribution in [0.25, 0.3) is 10.9 Å². The van der Waals surface area contributed by atoms with E-state index in [1.807, 2.05) is 36.4 Å². The lowest BCUT2D eigenvalue weighted by molar-refractivity contribution is -0.139. The van der Waals surface area contributed by atoms with Crippen molar-refractivity contribution in [2.75, 3.05) is 19.7 Å². The average molecular weight is 349 g/mol. The first-order valence-electron chi connectivity index (χ1n) is 8.61. The Morgan fingerprint density at radius 1 is 1.12 bits per heavy atom. The number of hydrogen-bond donors (Lipinski definition) is 0. The van der Waals surface area contributed by atoms with E-state index in [1.165, 1.54) is 10.9 Å². The number of aromatic nitrogens is 2. The summed E-state index contributed by atoms with van der Waals surface area (Å²) >= 11 is 0. The van der Waals surface area contributed by atoms with Gasteiger partial charge in [0.1, 0.15) is 12.6 Å². The quantitative estimate of drug-likeness (QED) is 0.725. The highest BCUT2D eigenvalue weighted by Crippen LogP contribution is 2.22. The van der Waals surface area contributed by atoms with Crippen LogP contribution in [0.15, 0.2) is 65.7 Å². The minimum Gasteiger partial charge on any atom is -0.370 e. The average Bonchev–Trinajstić information content (AvgIpc) is 2.71. The van der Waals surface area contributed by atoms with Crippen molar-refractivity contribution in [2.45, 2.75) is 12.6 Å². The van der Waals surface area contributed by atoms with E-state index in [0.717, 1.165) is 5.56 Å². The first kappa shape index (κ1) is 16.5. The first-order chi connectivity index (χ1) is 12.7. The van der Waals surface area contributed by atoms with Gasteiger partial charge in [0, 0.05) is 6.54 Å². The van der Waals surface area contributed by atoms with Crippen molar-refractivity contribution in [1.82, 2.24) is 14.5 Å². The number of carbonyl (C=O) groups excluding carboxylic acids is 1. The Kier molecular flexibility index (Phi) is 4.50. The summed E-state index contributed by atoms with van der Waals surface area (Å²) in [6.07, 6.45) is 1.30. The van der Waals surface area contributed by atoms with Gasteiger partial charge < -0.3 is 9.64 Å². The predicted molar refractivity (Wildman–Crippen MR) is 97.7 cm³/mol. The summed E-state index contributed by atoms with van der Waals surface area (Å²) in [7, 11) is 0. The number of fused-ring (bicyclic) bond motifs is 1. The van der Waals surface area contributed by atoms with Gasteiger partial charge in [-0.25, -0.2) is 4.98 Å². The third-order valence-electron chi connectivity index (χ3n) is 4.63. The van der Waals surface area contributed by atoms with E-state index in [4.69, 9.17) is 4.74 Å². The van der Waals surface area contributed by atoms with Crippen molar-refractivity contribution < 1.29 is 9.53 Å². The first-order valence-corrected chi connectivity index (χ1v) is 8.61. The highest BCUT2D eigenvalue weighted by Gasteiger charge is 2.25. The van der Waals surface area contributed by atoms with Gasteiger partial charge in [-0.05, 0) is 17.7 Å². The van der Waals surface area contributed by atoms with Crippen LogP contribution in [-0.4, -0.2) is 40.1 Å². The number of carbonyl (C=O) groups is 1. The van der Waals surface area contributed by atoms with Gasteiger partial charge in [0.15, 0.2) is 0 Å². The standard InChI is InChI=1S/C20H19N3O3/c24-19(13-23-14-21-17-9-5-4-8-16(17)20(23)25)22-10-11-26-18(12-22)15-6-2-1-3-7-15/h1-9,14,18H,10-13H2. The Morgan fingerprint density at radius 2 is 1.88 bits per heavy atom. The van der Waals surface area contributed by atoms with E-state index in [-0.39, 0.29) is 24.1 Å². The van der Waals surface area contributed by atoms with E-state index in [1.54, 1.807) is 23.1 Å². The van der Waals surface area contributed by atoms with Crippen LogP contribution >= 0.6 is 0 Å². The highest BCUT2D eigenvalue weighted by atomic mass is 16.5. The molecule has 0 N–H and O–H groups in total. The molecule has 4 rings (SSSR count). The van der Waals surface area contributed by atoms with Gasteiger partial charge in [-0.1, -0.05) is 42.5 Å². The molecule has 1 aromatic heterocycles. The molecular formula is C20H19N3O3. The molecule has 132 valence electrons. The number of rotatable bonds is 3. The van der Waals surface area contributed by atoms with E-state index in [9.17, 15) is 9.59 Å². The summed E-state index contributed by atoms with van der Waals surface area (Å²) in [6, 6.07) is 17.0. The van der Waals surface area contributed by atoms with Gasteiger partial charge in [-0.15, -0.1) is 0 Å². The SMILES string of the molecule is O=C(Cn1cnc2ccccc2c1=O)N1CCOC(c2ccccc2)C1. The number of ether oxygens (including phenoxy) is 1. The van der Waals surface area contributed by atoms with Gasteiger partial charge in [-0.3, -0.25) is 14.2 Å². The molecule has 0 radical (unpaired) electrons. The molecule has 0 bridgehead atoms. The summed E-state index contributed by atoms with van der Waals surface area (Å²) in [5, 5.41) is 0.520. The molecule has 26 heavy (non-hydrogen) atoms. The Balaban J connectivity index is 1.51. The summed E-state index contributed by atoms with van der Waals surface area (Å²) in [4.78, 5) is 31.3. The van der Waals surface area contributed by atoms with Crippen LogP contribution in [0.4, 0.5) is 0 Å². The van der Waals surface area contributed by atoms with E-state index in [2.05, 4.69) is 4.98 Å². The summed E-state index contributed by atoms with van der Waals surface area (Å²) in [6.45, 7) is 1.48. The molecule has 3 aromatic rings. The zero-order valence-electron chi connectivity index (χ0n) is 14.2. The van der Waals surface area contributed by atoms with E-state index < -0.39 is 0 Å². The monoisotopic (exact) mass is 349 g/mol. The molecular weight excluding hydrogens is 330 g/mol. The molecule has 0 aliphatic carbocycles. The molecule has 1 aliphatic heterocycles. The Morgan fingerprint density at radius 3 is 2.73 bits per heavy atom. The van der Waals surface area contributed by atoms with Crippen LogP contribution in [0.1, 0.15) is 11.7 Å². The van der Waals surface area contributed by atoms with E-state index >= 15 is 0 Å². The lowest BCUT2D eigenvalue weighted by Crippen LogP contribution is -2.44. The lowest BCUT2D eigenvalue weighted by atomic mass is 10.1. The van der Waals surface area contributed by atoms with Crippen LogP contribution in [0.5, 0.6) is 0 Å². The van der Waals surface area contributed by atoms with Crippen molar-refractivity contribution >= 4 is 16.8 Å². The molecule has 6 heteroatoms. The van der Waals surface area contributed by atoms with Crippen molar-refractivity contribution in [3.8, 4) is 0 Å². The lowest BCUT2D eigenvalue weighted by Gasteiger charge is -2.33. The fourth-order valence-corrected chi connectivity index (χ4v) is 3.21. The number of morpholine rings is 1. The molecule has 0 saturated carbocycles. The minimum absolute atomic E-state index is 0.0157. The van der Waals surface area contributed by atoms with Crippen LogP contribution in [-0.2, 0) is 16.1 Å². The van der Waals surface area contributed by atoms with Crippen molar-refractivity contribution in [3.63, 3.8) is 0 Å². The number of benzene rings is 2. The molecule has 1 unspecified atom stereocenters. The third kappa shape index (κ3) is 3.23. The van der Waals surface area contributed by atoms with Crippen molar-refractivity contribution in [3.05, 3.63) is 76.8 Å². The van der Waals surface area contributed by atoms with Gasteiger partial charge in [-0.2, -0.15) is 0 Å². The molecule has 2 heterocycles. The topological polar surface area (TPSA) is 64.4 Å². The van der Waals surface area contributed by atoms with Gasteiger partial charge in [0.2, 0.25) is 5.91 Å². The second-order valence-corrected chi connectivity index (χ2v) is 6.30. The van der Waals surface area contributed by atoms with Gasteiger partial charge in [0.25, 0.3) is 5.56 Å². The Bertz CT molecular complexity index is 984. The highest BCUT2D eigenvalue weighted by molar-refractivity contribution is 5.79. The van der Waals surface area contributed by atoms with Crippen LogP contribution in [0.2, 0.25) is 0 Å². The van der Waals surface area contributed by atoms with Crippen molar-refractivity contribution in [1.29, 1.82) is 0 Å². The molecule has 0 spiro atoms. The number of hydrogen-bond acceptors (Lipinski definition) is 4. The van der Waals surface area contributed by atoms with E-state index in [0.29, 0.717) is 30.6 Å². The Hall–Kier alpha value is -2.99. The Labute approximate surface area is 150 Å². The van der Waals surface area contributed by atoms with Crippen molar-refractivity contribution in [2.24, 2.45) is 0 Å². The van der Waals surface area contributed by atoms with Crippen LogP contribution in [0, 0.1) is 0 Å². The third-order valence-corrected chi connectivity index (χ3v) is 4.63. The fourth-order valence-electron chi connectivity index (χ4n) is 3.21. The largest absolute Gasteiger partial charge is 0.370 e.